The molecule has 0 nitrogen and oxygen atoms in total. The summed E-state index contributed by atoms with van der Waals surface area (Å²) in [5, 5.41) is 0. The van der Waals surface area contributed by atoms with E-state index in [1.165, 1.54) is 546 Å². The molecule has 0 rings (SSSR count). The van der Waals surface area contributed by atoms with Gasteiger partial charge in [0.1, 0.15) is 0 Å². The number of allylic oxidation sites excluding steroid dienone is 1. The summed E-state index contributed by atoms with van der Waals surface area (Å²) in [5.41, 5.74) is 0. The van der Waals surface area contributed by atoms with Crippen LogP contribution in [-0.4, -0.2) is 0 Å². The summed E-state index contributed by atoms with van der Waals surface area (Å²) >= 11 is 0. The highest BCUT2D eigenvalue weighted by Gasteiger charge is 2.03. The van der Waals surface area contributed by atoms with Crippen LogP contribution in [0.15, 0.2) is 12.7 Å². The number of rotatable bonds is 85. The van der Waals surface area contributed by atoms with Crippen LogP contribution in [0, 0.1) is 0 Å². The highest BCUT2D eigenvalue weighted by Crippen LogP contribution is 2.22. The summed E-state index contributed by atoms with van der Waals surface area (Å²) in [7, 11) is 0. The summed E-state index contributed by atoms with van der Waals surface area (Å²) in [6, 6.07) is 0. The molecule has 0 saturated heterocycles. The Morgan fingerprint density at radius 1 is 0.114 bits per heavy atom. The molecule has 0 saturated carbocycles. The zero-order valence-electron chi connectivity index (χ0n) is 62.4. The molecule has 0 aliphatic rings. The van der Waals surface area contributed by atoms with Gasteiger partial charge >= 0.3 is 0 Å². The molecule has 0 heterocycles. The third-order valence-corrected chi connectivity index (χ3v) is 21.3. The van der Waals surface area contributed by atoms with Gasteiger partial charge in [-0.2, -0.15) is 0 Å². The van der Waals surface area contributed by atoms with Crippen molar-refractivity contribution in [1.29, 1.82) is 0 Å². The monoisotopic (exact) mass is 1230 g/mol. The molecule has 0 bridgehead atoms. The Kier molecular flexibility index (Phi) is 86.5. The van der Waals surface area contributed by atoms with E-state index in [-0.39, 0.29) is 0 Å². The quantitative estimate of drug-likeness (QED) is 0.0421. The van der Waals surface area contributed by atoms with Crippen LogP contribution in [0.2, 0.25) is 0 Å². The summed E-state index contributed by atoms with van der Waals surface area (Å²) in [6.07, 6.45) is 128. The number of hydrogen-bond donors (Lipinski definition) is 0. The van der Waals surface area contributed by atoms with Gasteiger partial charge in [-0.05, 0) is 12.8 Å². The van der Waals surface area contributed by atoms with E-state index >= 15 is 0 Å². The second kappa shape index (κ2) is 86.7. The van der Waals surface area contributed by atoms with Crippen LogP contribution >= 0.6 is 0 Å². The van der Waals surface area contributed by atoms with Crippen LogP contribution in [0.4, 0.5) is 0 Å². The first-order valence-electron chi connectivity index (χ1n) is 43.5. The Labute approximate surface area is 562 Å². The van der Waals surface area contributed by atoms with Crippen molar-refractivity contribution in [2.45, 2.75) is 553 Å². The second-order valence-electron chi connectivity index (χ2n) is 30.4. The molecule has 0 aliphatic carbocycles. The lowest BCUT2D eigenvalue weighted by Gasteiger charge is -2.05. The lowest BCUT2D eigenvalue weighted by Crippen LogP contribution is -1.85. The Hall–Kier alpha value is -0.260. The van der Waals surface area contributed by atoms with Crippen molar-refractivity contribution in [2.24, 2.45) is 0 Å². The van der Waals surface area contributed by atoms with Gasteiger partial charge in [-0.15, -0.1) is 6.58 Å². The largest absolute Gasteiger partial charge is 0.103 e. The Morgan fingerprint density at radius 2 is 0.182 bits per heavy atom. The Balaban J connectivity index is 3.08. The van der Waals surface area contributed by atoms with Crippen LogP contribution < -0.4 is 0 Å². The maximum Gasteiger partial charge on any atom is -0.0353 e. The van der Waals surface area contributed by atoms with Crippen molar-refractivity contribution in [3.8, 4) is 0 Å². The first kappa shape index (κ1) is 87.7. The van der Waals surface area contributed by atoms with Crippen LogP contribution in [0.5, 0.6) is 0 Å². The predicted octanol–water partition coefficient (Wildman–Crippen LogP) is 34.4. The molecule has 0 atom stereocenters. The lowest BCUT2D eigenvalue weighted by molar-refractivity contribution is 0.505. The van der Waals surface area contributed by atoms with E-state index in [0.29, 0.717) is 0 Å². The van der Waals surface area contributed by atoms with E-state index in [4.69, 9.17) is 0 Å². The molecule has 0 aromatic carbocycles. The van der Waals surface area contributed by atoms with E-state index in [1.807, 2.05) is 0 Å². The summed E-state index contributed by atoms with van der Waals surface area (Å²) < 4.78 is 0. The van der Waals surface area contributed by atoms with Gasteiger partial charge in [0, 0.05) is 0 Å². The Morgan fingerprint density at radius 3 is 0.250 bits per heavy atom. The summed E-state index contributed by atoms with van der Waals surface area (Å²) in [6.45, 7) is 6.14. The zero-order valence-corrected chi connectivity index (χ0v) is 62.4. The number of unbranched alkanes of at least 4 members (excludes halogenated alkanes) is 84. The highest BCUT2D eigenvalue weighted by molar-refractivity contribution is 4.65. The maximum atomic E-state index is 3.83. The maximum absolute atomic E-state index is 3.83. The molecule has 0 amide bonds. The van der Waals surface area contributed by atoms with E-state index in [2.05, 4.69) is 19.6 Å². The van der Waals surface area contributed by atoms with Gasteiger partial charge in [0.15, 0.2) is 0 Å². The van der Waals surface area contributed by atoms with Gasteiger partial charge in [0.25, 0.3) is 0 Å². The van der Waals surface area contributed by atoms with Crippen molar-refractivity contribution < 1.29 is 0 Å². The van der Waals surface area contributed by atoms with Crippen molar-refractivity contribution in [3.05, 3.63) is 12.7 Å². The zero-order chi connectivity index (χ0) is 62.8. The molecule has 0 spiro atoms. The molecule has 0 aromatic heterocycles. The van der Waals surface area contributed by atoms with Gasteiger partial charge in [0.2, 0.25) is 0 Å². The lowest BCUT2D eigenvalue weighted by atomic mass is 10.0. The SMILES string of the molecule is C=CCCCCCCCCCCCCCCCCCCCCCCCCCCCCCCCCCCCCCCCCCCCCCCCCCCCCCCCCCCCCCCCCCCCCCCCCCCCCCCCCCCCCCC. The van der Waals surface area contributed by atoms with E-state index < -0.39 is 0 Å². The average molecular weight is 1230 g/mol. The van der Waals surface area contributed by atoms with Crippen molar-refractivity contribution in [3.63, 3.8) is 0 Å². The minimum atomic E-state index is 1.21. The van der Waals surface area contributed by atoms with E-state index in [9.17, 15) is 0 Å². The van der Waals surface area contributed by atoms with Gasteiger partial charge in [-0.3, -0.25) is 0 Å². The van der Waals surface area contributed by atoms with E-state index in [1.54, 1.807) is 0 Å². The third-order valence-electron chi connectivity index (χ3n) is 21.3. The molecular formula is C88H176. The van der Waals surface area contributed by atoms with Gasteiger partial charge in [-0.25, -0.2) is 0 Å². The molecule has 0 aliphatic heterocycles. The molecule has 88 heavy (non-hydrogen) atoms. The first-order chi connectivity index (χ1) is 43.9. The summed E-state index contributed by atoms with van der Waals surface area (Å²) in [5.74, 6) is 0. The highest BCUT2D eigenvalue weighted by atomic mass is 14.1. The van der Waals surface area contributed by atoms with Crippen LogP contribution in [-0.2, 0) is 0 Å². The second-order valence-corrected chi connectivity index (χ2v) is 30.4. The molecular weight excluding hydrogens is 1060 g/mol. The molecule has 528 valence electrons. The third kappa shape index (κ3) is 85.7. The van der Waals surface area contributed by atoms with Gasteiger partial charge in [-0.1, -0.05) is 546 Å². The fraction of sp³-hybridized carbons (Fsp3) is 0.977. The van der Waals surface area contributed by atoms with Crippen LogP contribution in [0.3, 0.4) is 0 Å². The Bertz CT molecular complexity index is 1130. The van der Waals surface area contributed by atoms with Crippen molar-refractivity contribution in [1.82, 2.24) is 0 Å². The number of hydrogen-bond acceptors (Lipinski definition) is 0. The average Bonchev–Trinajstić information content (AvgIpc) is 3.54. The molecule has 0 unspecified atom stereocenters. The smallest absolute Gasteiger partial charge is 0.0353 e. The standard InChI is InChI=1S/C88H176/c1-3-5-7-9-11-13-15-17-19-21-23-25-27-29-31-33-35-37-39-41-43-45-47-49-51-53-55-57-59-61-63-65-67-69-71-73-75-77-79-81-83-85-87-88-86-84-82-80-78-76-74-72-70-68-66-64-62-60-58-56-54-52-50-48-46-44-42-40-38-36-34-32-30-28-26-24-22-20-18-16-14-12-10-8-6-4-2/h3H,1,4-88H2,2H3. The van der Waals surface area contributed by atoms with Crippen molar-refractivity contribution in [2.75, 3.05) is 0 Å². The summed E-state index contributed by atoms with van der Waals surface area (Å²) in [4.78, 5) is 0. The van der Waals surface area contributed by atoms with Crippen LogP contribution in [0.25, 0.3) is 0 Å². The fourth-order valence-corrected chi connectivity index (χ4v) is 14.9. The first-order valence-corrected chi connectivity index (χ1v) is 43.5. The molecule has 0 heteroatoms. The predicted molar refractivity (Wildman–Crippen MR) is 408 cm³/mol. The molecule has 0 fully saturated rings. The minimum absolute atomic E-state index is 1.21. The topological polar surface area (TPSA) is 0 Å². The molecule has 0 N–H and O–H groups in total. The normalized spacial score (nSPS) is 11.7. The van der Waals surface area contributed by atoms with Gasteiger partial charge in [0.05, 0.1) is 0 Å². The van der Waals surface area contributed by atoms with Crippen LogP contribution in [0.1, 0.15) is 553 Å². The van der Waals surface area contributed by atoms with Crippen molar-refractivity contribution >= 4 is 0 Å². The minimum Gasteiger partial charge on any atom is -0.103 e. The van der Waals surface area contributed by atoms with Gasteiger partial charge < -0.3 is 0 Å². The molecule has 0 radical (unpaired) electrons. The molecule has 0 aromatic rings. The fourth-order valence-electron chi connectivity index (χ4n) is 14.9. The van der Waals surface area contributed by atoms with E-state index in [0.717, 1.165) is 0 Å².